The fraction of sp³-hybridized carbons (Fsp3) is 0.167. The zero-order valence-electron chi connectivity index (χ0n) is 20.8. The van der Waals surface area contributed by atoms with Crippen LogP contribution in [0.4, 0.5) is 0 Å². The molecule has 0 amide bonds. The third kappa shape index (κ3) is 5.19. The summed E-state index contributed by atoms with van der Waals surface area (Å²) in [6, 6.07) is 31.0. The van der Waals surface area contributed by atoms with Crippen LogP contribution >= 0.6 is 0 Å². The van der Waals surface area contributed by atoms with E-state index in [1.807, 2.05) is 22.8 Å². The minimum Gasteiger partial charge on any atom is -1.00 e. The van der Waals surface area contributed by atoms with Crippen molar-refractivity contribution in [3.63, 3.8) is 0 Å². The zero-order chi connectivity index (χ0) is 25.2. The number of hydrogen-bond donors (Lipinski definition) is 2. The first-order valence-corrected chi connectivity index (χ1v) is 12.4. The SMILES string of the molecule is NC(N)=[N+]1CCC[C@H]1c1nc(-c2ccc3cc(OCc4ccc(-c5ccccc5)cc4)ccc3c2)no1.[Cl-]. The summed E-state index contributed by atoms with van der Waals surface area (Å²) in [7, 11) is 0. The van der Waals surface area contributed by atoms with E-state index in [-0.39, 0.29) is 24.4 Å². The average Bonchev–Trinajstić information content (AvgIpc) is 3.63. The van der Waals surface area contributed by atoms with Gasteiger partial charge in [-0.15, -0.1) is 0 Å². The Morgan fingerprint density at radius 1 is 0.868 bits per heavy atom. The van der Waals surface area contributed by atoms with Crippen LogP contribution in [0.25, 0.3) is 33.3 Å². The summed E-state index contributed by atoms with van der Waals surface area (Å²) in [4.78, 5) is 4.64. The number of ether oxygens (including phenoxy) is 1. The number of nitrogens with zero attached hydrogens (tertiary/aromatic N) is 3. The van der Waals surface area contributed by atoms with Crippen LogP contribution < -0.4 is 28.6 Å². The van der Waals surface area contributed by atoms with Gasteiger partial charge in [-0.3, -0.25) is 16.0 Å². The lowest BCUT2D eigenvalue weighted by molar-refractivity contribution is -0.555. The summed E-state index contributed by atoms with van der Waals surface area (Å²) in [6.45, 7) is 1.30. The Hall–Kier alpha value is -4.36. The van der Waals surface area contributed by atoms with E-state index in [1.165, 1.54) is 11.1 Å². The Kier molecular flexibility index (Phi) is 7.29. The van der Waals surface area contributed by atoms with Gasteiger partial charge in [-0.1, -0.05) is 78.0 Å². The van der Waals surface area contributed by atoms with Crippen LogP contribution in [0, 0.1) is 0 Å². The molecule has 4 aromatic carbocycles. The summed E-state index contributed by atoms with van der Waals surface area (Å²) >= 11 is 0. The molecule has 38 heavy (non-hydrogen) atoms. The van der Waals surface area contributed by atoms with Crippen LogP contribution in [-0.4, -0.2) is 27.2 Å². The van der Waals surface area contributed by atoms with Gasteiger partial charge in [0.1, 0.15) is 12.4 Å². The number of halogens is 1. The Morgan fingerprint density at radius 3 is 2.37 bits per heavy atom. The summed E-state index contributed by atoms with van der Waals surface area (Å²) in [5.41, 5.74) is 16.1. The third-order valence-electron chi connectivity index (χ3n) is 6.85. The fourth-order valence-corrected chi connectivity index (χ4v) is 4.86. The molecule has 1 fully saturated rings. The molecule has 0 aliphatic carbocycles. The fourth-order valence-electron chi connectivity index (χ4n) is 4.86. The number of benzene rings is 4. The molecule has 1 atom stereocenters. The van der Waals surface area contributed by atoms with Crippen LogP contribution in [0.1, 0.15) is 30.3 Å². The van der Waals surface area contributed by atoms with Crippen molar-refractivity contribution < 1.29 is 26.2 Å². The number of hydrogen-bond acceptors (Lipinski definition) is 4. The molecule has 0 bridgehead atoms. The van der Waals surface area contributed by atoms with E-state index in [0.717, 1.165) is 47.0 Å². The van der Waals surface area contributed by atoms with E-state index in [0.29, 0.717) is 18.3 Å². The number of fused-ring (bicyclic) bond motifs is 1. The first kappa shape index (κ1) is 25.3. The molecule has 1 aliphatic heterocycles. The second-order valence-electron chi connectivity index (χ2n) is 9.31. The Labute approximate surface area is 227 Å². The maximum atomic E-state index is 6.08. The Balaban J connectivity index is 0.00000294. The van der Waals surface area contributed by atoms with Gasteiger partial charge in [0.25, 0.3) is 5.89 Å². The lowest BCUT2D eigenvalue weighted by Gasteiger charge is -2.09. The molecule has 2 heterocycles. The van der Waals surface area contributed by atoms with Gasteiger partial charge >= 0.3 is 5.96 Å². The summed E-state index contributed by atoms with van der Waals surface area (Å²) < 4.78 is 13.6. The summed E-state index contributed by atoms with van der Waals surface area (Å²) in [5.74, 6) is 2.21. The molecule has 0 unspecified atom stereocenters. The van der Waals surface area contributed by atoms with Crippen molar-refractivity contribution in [1.82, 2.24) is 10.1 Å². The van der Waals surface area contributed by atoms with Crippen molar-refractivity contribution in [2.75, 3.05) is 6.54 Å². The molecule has 1 saturated heterocycles. The van der Waals surface area contributed by atoms with Crippen LogP contribution in [0.15, 0.2) is 95.5 Å². The molecule has 192 valence electrons. The van der Waals surface area contributed by atoms with Crippen LogP contribution in [0.3, 0.4) is 0 Å². The van der Waals surface area contributed by atoms with Crippen molar-refractivity contribution in [3.8, 4) is 28.3 Å². The molecule has 6 rings (SSSR count). The molecule has 4 N–H and O–H groups in total. The van der Waals surface area contributed by atoms with Crippen molar-refractivity contribution in [1.29, 1.82) is 0 Å². The van der Waals surface area contributed by atoms with Gasteiger partial charge in [0.2, 0.25) is 5.82 Å². The normalized spacial score (nSPS) is 14.8. The van der Waals surface area contributed by atoms with Gasteiger partial charge < -0.3 is 21.7 Å². The molecule has 0 spiro atoms. The smallest absolute Gasteiger partial charge is 0.341 e. The van der Waals surface area contributed by atoms with Gasteiger partial charge in [-0.05, 0) is 58.5 Å². The molecule has 0 radical (unpaired) electrons. The zero-order valence-corrected chi connectivity index (χ0v) is 21.5. The maximum Gasteiger partial charge on any atom is 0.341 e. The average molecular weight is 526 g/mol. The minimum atomic E-state index is -0.0686. The van der Waals surface area contributed by atoms with Crippen molar-refractivity contribution in [3.05, 3.63) is 102 Å². The van der Waals surface area contributed by atoms with Gasteiger partial charge in [0.15, 0.2) is 6.04 Å². The highest BCUT2D eigenvalue weighted by atomic mass is 35.5. The molecule has 0 saturated carbocycles. The monoisotopic (exact) mass is 525 g/mol. The third-order valence-corrected chi connectivity index (χ3v) is 6.85. The largest absolute Gasteiger partial charge is 1.00 e. The van der Waals surface area contributed by atoms with E-state index in [2.05, 4.69) is 82.9 Å². The lowest BCUT2D eigenvalue weighted by atomic mass is 10.0. The van der Waals surface area contributed by atoms with Crippen LogP contribution in [-0.2, 0) is 6.61 Å². The second-order valence-corrected chi connectivity index (χ2v) is 9.31. The van der Waals surface area contributed by atoms with Gasteiger partial charge in [-0.2, -0.15) is 4.98 Å². The molecular weight excluding hydrogens is 498 g/mol. The number of aromatic nitrogens is 2. The van der Waals surface area contributed by atoms with Crippen molar-refractivity contribution in [2.24, 2.45) is 11.5 Å². The second kappa shape index (κ2) is 10.9. The van der Waals surface area contributed by atoms with E-state index < -0.39 is 0 Å². The Morgan fingerprint density at radius 2 is 1.58 bits per heavy atom. The highest BCUT2D eigenvalue weighted by molar-refractivity contribution is 5.87. The predicted molar refractivity (Wildman–Crippen MR) is 144 cm³/mol. The maximum absolute atomic E-state index is 6.08. The summed E-state index contributed by atoms with van der Waals surface area (Å²) in [5, 5.41) is 6.36. The molecule has 7 nitrogen and oxygen atoms in total. The van der Waals surface area contributed by atoms with E-state index in [4.69, 9.17) is 20.7 Å². The van der Waals surface area contributed by atoms with Crippen LogP contribution in [0.2, 0.25) is 0 Å². The number of nitrogens with two attached hydrogens (primary N) is 2. The quantitative estimate of drug-likeness (QED) is 0.260. The van der Waals surface area contributed by atoms with Gasteiger partial charge in [0, 0.05) is 5.56 Å². The van der Waals surface area contributed by atoms with Gasteiger partial charge in [0.05, 0.1) is 6.54 Å². The molecule has 1 aliphatic rings. The standard InChI is InChI=1S/C30H27N5O2.ClH/c31-30(32)35-16-4-7-27(35)29-33-28(34-37-29)25-13-12-24-18-26(15-14-23(24)17-25)36-19-20-8-10-22(11-9-20)21-5-2-1-3-6-21;/h1-3,5-6,8-15,17-18,27H,4,7,16,19H2,(H3,31,32);1H/t27-;/m0./s1. The molecular formula is C30H28ClN5O2. The molecule has 8 heteroatoms. The minimum absolute atomic E-state index is 0. The first-order chi connectivity index (χ1) is 18.1. The lowest BCUT2D eigenvalue weighted by Crippen LogP contribution is -3.00. The molecule has 1 aromatic heterocycles. The Bertz CT molecular complexity index is 1580. The van der Waals surface area contributed by atoms with E-state index in [9.17, 15) is 0 Å². The van der Waals surface area contributed by atoms with E-state index >= 15 is 0 Å². The highest BCUT2D eigenvalue weighted by Crippen LogP contribution is 2.30. The van der Waals surface area contributed by atoms with Crippen LogP contribution in [0.5, 0.6) is 5.75 Å². The van der Waals surface area contributed by atoms with Gasteiger partial charge in [-0.25, -0.2) is 0 Å². The molecule has 5 aromatic rings. The number of rotatable bonds is 6. The predicted octanol–water partition coefficient (Wildman–Crippen LogP) is 2.26. The van der Waals surface area contributed by atoms with Crippen molar-refractivity contribution >= 4 is 16.7 Å². The first-order valence-electron chi connectivity index (χ1n) is 12.4. The number of guanidine groups is 1. The van der Waals surface area contributed by atoms with E-state index in [1.54, 1.807) is 0 Å². The highest BCUT2D eigenvalue weighted by Gasteiger charge is 2.31. The summed E-state index contributed by atoms with van der Waals surface area (Å²) in [6.07, 6.45) is 1.87. The van der Waals surface area contributed by atoms with Crippen molar-refractivity contribution in [2.45, 2.75) is 25.5 Å². The topological polar surface area (TPSA) is 103 Å².